The Morgan fingerprint density at radius 2 is 2.09 bits per heavy atom. The Bertz CT molecular complexity index is 99.8. The fourth-order valence-corrected chi connectivity index (χ4v) is 0.614. The van der Waals surface area contributed by atoms with Gasteiger partial charge in [-0.2, -0.15) is 0 Å². The van der Waals surface area contributed by atoms with E-state index in [0.29, 0.717) is 32.0 Å². The first-order chi connectivity index (χ1) is 5.31. The van der Waals surface area contributed by atoms with Crippen molar-refractivity contribution in [1.82, 2.24) is 0 Å². The topological polar surface area (TPSA) is 35.5 Å². The van der Waals surface area contributed by atoms with E-state index in [2.05, 4.69) is 0 Å². The second kappa shape index (κ2) is 8.27. The first kappa shape index (κ1) is 11.2. The molecular formula is C6H10Cl2O3. The molecule has 0 aliphatic carbocycles. The highest BCUT2D eigenvalue weighted by molar-refractivity contribution is 6.26. The molecule has 66 valence electrons. The van der Waals surface area contributed by atoms with Gasteiger partial charge in [0.25, 0.3) is 0 Å². The summed E-state index contributed by atoms with van der Waals surface area (Å²) in [5.74, 6) is 0.456. The number of hydrogen-bond acceptors (Lipinski definition) is 3. The highest BCUT2D eigenvalue weighted by atomic mass is 35.5. The van der Waals surface area contributed by atoms with Gasteiger partial charge in [-0.05, 0) is 0 Å². The van der Waals surface area contributed by atoms with Gasteiger partial charge in [-0.15, -0.1) is 11.6 Å². The van der Waals surface area contributed by atoms with Crippen LogP contribution in [0.3, 0.4) is 0 Å². The lowest BCUT2D eigenvalue weighted by Gasteiger charge is -2.04. The van der Waals surface area contributed by atoms with E-state index < -0.39 is 5.56 Å². The lowest BCUT2D eigenvalue weighted by Crippen LogP contribution is -2.12. The molecule has 0 spiro atoms. The van der Waals surface area contributed by atoms with Crippen LogP contribution in [-0.4, -0.2) is 37.5 Å². The van der Waals surface area contributed by atoms with Crippen LogP contribution in [0.15, 0.2) is 0 Å². The van der Waals surface area contributed by atoms with E-state index in [0.717, 1.165) is 0 Å². The molecule has 0 rings (SSSR count). The Labute approximate surface area is 75.6 Å². The van der Waals surface area contributed by atoms with Crippen LogP contribution in [0.5, 0.6) is 0 Å². The van der Waals surface area contributed by atoms with Crippen molar-refractivity contribution in [2.24, 2.45) is 0 Å². The van der Waals surface area contributed by atoms with Gasteiger partial charge < -0.3 is 9.47 Å². The minimum Gasteiger partial charge on any atom is -0.378 e. The molecule has 0 radical (unpaired) electrons. The average Bonchev–Trinajstić information content (AvgIpc) is 2.04. The van der Waals surface area contributed by atoms with Gasteiger partial charge in [-0.3, -0.25) is 4.79 Å². The molecule has 5 heteroatoms. The number of alkyl halides is 2. The third-order valence-electron chi connectivity index (χ3n) is 0.833. The molecule has 11 heavy (non-hydrogen) atoms. The fourth-order valence-electron chi connectivity index (χ4n) is 0.416. The molecular weight excluding hydrogens is 191 g/mol. The summed E-state index contributed by atoms with van der Waals surface area (Å²) in [6.07, 6.45) is 0.517. The molecule has 0 bridgehead atoms. The molecule has 0 saturated heterocycles. The molecule has 0 aromatic heterocycles. The zero-order chi connectivity index (χ0) is 8.53. The van der Waals surface area contributed by atoms with Crippen LogP contribution in [0, 0.1) is 0 Å². The lowest BCUT2D eigenvalue weighted by molar-refractivity contribution is -0.114. The Morgan fingerprint density at radius 3 is 2.64 bits per heavy atom. The van der Waals surface area contributed by atoms with Gasteiger partial charge >= 0.3 is 0 Å². The van der Waals surface area contributed by atoms with E-state index in [4.69, 9.17) is 32.7 Å². The third kappa shape index (κ3) is 8.07. The monoisotopic (exact) mass is 200 g/mol. The number of hydrogen-bond donors (Lipinski definition) is 0. The predicted molar refractivity (Wildman–Crippen MR) is 43.2 cm³/mol. The van der Waals surface area contributed by atoms with Crippen LogP contribution in [0.25, 0.3) is 0 Å². The van der Waals surface area contributed by atoms with Crippen molar-refractivity contribution in [1.29, 1.82) is 0 Å². The standard InChI is InChI=1S/C6H10Cl2O3/c7-1-2-10-3-4-11-6(8)5-9/h5-6H,1-4H2. The summed E-state index contributed by atoms with van der Waals surface area (Å²) in [4.78, 5) is 9.91. The molecule has 1 atom stereocenters. The van der Waals surface area contributed by atoms with E-state index in [9.17, 15) is 4.79 Å². The largest absolute Gasteiger partial charge is 0.378 e. The van der Waals surface area contributed by atoms with Crippen LogP contribution in [-0.2, 0) is 14.3 Å². The van der Waals surface area contributed by atoms with Crippen molar-refractivity contribution < 1.29 is 14.3 Å². The highest BCUT2D eigenvalue weighted by Crippen LogP contribution is 1.92. The van der Waals surface area contributed by atoms with Crippen LogP contribution in [0.2, 0.25) is 0 Å². The van der Waals surface area contributed by atoms with E-state index in [1.807, 2.05) is 0 Å². The zero-order valence-corrected chi connectivity index (χ0v) is 7.48. The summed E-state index contributed by atoms with van der Waals surface area (Å²) in [5, 5.41) is 0. The Balaban J connectivity index is 2.95. The second-order valence-corrected chi connectivity index (χ2v) is 2.47. The molecule has 0 aromatic carbocycles. The van der Waals surface area contributed by atoms with Gasteiger partial charge in [0.2, 0.25) is 0 Å². The van der Waals surface area contributed by atoms with Crippen LogP contribution in [0.1, 0.15) is 0 Å². The summed E-state index contributed by atoms with van der Waals surface area (Å²) in [6, 6.07) is 0. The zero-order valence-electron chi connectivity index (χ0n) is 5.96. The van der Waals surface area contributed by atoms with E-state index in [1.165, 1.54) is 0 Å². The number of ether oxygens (including phenoxy) is 2. The Kier molecular flexibility index (Phi) is 8.40. The highest BCUT2D eigenvalue weighted by Gasteiger charge is 1.99. The number of carbonyl (C=O) groups is 1. The number of aldehydes is 1. The van der Waals surface area contributed by atoms with E-state index in [-0.39, 0.29) is 0 Å². The smallest absolute Gasteiger partial charge is 0.186 e. The molecule has 1 unspecified atom stereocenters. The molecule has 0 saturated carbocycles. The fraction of sp³-hybridized carbons (Fsp3) is 0.833. The van der Waals surface area contributed by atoms with Crippen molar-refractivity contribution in [2.45, 2.75) is 5.56 Å². The minimum atomic E-state index is -0.866. The van der Waals surface area contributed by atoms with Crippen LogP contribution < -0.4 is 0 Å². The minimum absolute atomic E-state index is 0.309. The van der Waals surface area contributed by atoms with E-state index >= 15 is 0 Å². The number of carbonyl (C=O) groups excluding carboxylic acids is 1. The summed E-state index contributed by atoms with van der Waals surface area (Å²) in [7, 11) is 0. The third-order valence-corrected chi connectivity index (χ3v) is 1.22. The summed E-state index contributed by atoms with van der Waals surface area (Å²) in [6.45, 7) is 1.20. The van der Waals surface area contributed by atoms with Gasteiger partial charge in [-0.25, -0.2) is 0 Å². The van der Waals surface area contributed by atoms with Gasteiger partial charge in [0.15, 0.2) is 11.8 Å². The maximum atomic E-state index is 9.91. The molecule has 0 aliphatic rings. The Morgan fingerprint density at radius 1 is 1.36 bits per heavy atom. The van der Waals surface area contributed by atoms with Crippen molar-refractivity contribution in [3.63, 3.8) is 0 Å². The molecule has 0 amide bonds. The van der Waals surface area contributed by atoms with Gasteiger partial charge in [0, 0.05) is 5.88 Å². The quantitative estimate of drug-likeness (QED) is 0.350. The number of rotatable bonds is 7. The molecule has 3 nitrogen and oxygen atoms in total. The van der Waals surface area contributed by atoms with Gasteiger partial charge in [0.05, 0.1) is 19.8 Å². The lowest BCUT2D eigenvalue weighted by atomic mass is 10.7. The van der Waals surface area contributed by atoms with Gasteiger partial charge in [0.1, 0.15) is 0 Å². The molecule has 0 heterocycles. The van der Waals surface area contributed by atoms with E-state index in [1.54, 1.807) is 0 Å². The molecule has 0 aliphatic heterocycles. The van der Waals surface area contributed by atoms with Gasteiger partial charge in [-0.1, -0.05) is 11.6 Å². The van der Waals surface area contributed by atoms with Crippen molar-refractivity contribution >= 4 is 29.5 Å². The van der Waals surface area contributed by atoms with Crippen molar-refractivity contribution in [3.8, 4) is 0 Å². The SMILES string of the molecule is O=CC(Cl)OCCOCCCl. The molecule has 0 N–H and O–H groups in total. The molecule has 0 aromatic rings. The maximum Gasteiger partial charge on any atom is 0.186 e. The second-order valence-electron chi connectivity index (χ2n) is 1.66. The first-order valence-electron chi connectivity index (χ1n) is 3.16. The maximum absolute atomic E-state index is 9.91. The summed E-state index contributed by atoms with van der Waals surface area (Å²) >= 11 is 10.6. The first-order valence-corrected chi connectivity index (χ1v) is 4.13. The van der Waals surface area contributed by atoms with Crippen molar-refractivity contribution in [3.05, 3.63) is 0 Å². The number of halogens is 2. The predicted octanol–water partition coefficient (Wildman–Crippen LogP) is 1.02. The molecule has 0 fully saturated rings. The Hall–Kier alpha value is 0.170. The van der Waals surface area contributed by atoms with Crippen LogP contribution >= 0.6 is 23.2 Å². The van der Waals surface area contributed by atoms with Crippen molar-refractivity contribution in [2.75, 3.05) is 25.7 Å². The summed E-state index contributed by atoms with van der Waals surface area (Å²) in [5.41, 5.74) is -0.866. The summed E-state index contributed by atoms with van der Waals surface area (Å²) < 4.78 is 9.71. The van der Waals surface area contributed by atoms with Crippen LogP contribution in [0.4, 0.5) is 0 Å². The normalized spacial score (nSPS) is 12.9. The average molecular weight is 201 g/mol.